The minimum absolute atomic E-state index is 0.208. The molecule has 2 aromatic rings. The molecule has 0 aliphatic carbocycles. The number of halogens is 1. The van der Waals surface area contributed by atoms with Crippen molar-refractivity contribution in [3.63, 3.8) is 0 Å². The normalized spacial score (nSPS) is 32.1. The lowest BCUT2D eigenvalue weighted by atomic mass is 9.74. The molecule has 4 heterocycles. The van der Waals surface area contributed by atoms with Gasteiger partial charge in [-0.05, 0) is 31.0 Å². The van der Waals surface area contributed by atoms with Crippen LogP contribution < -0.4 is 4.90 Å². The second kappa shape index (κ2) is 9.58. The number of carbonyl (C=O) groups excluding carboxylic acids is 3. The topological polar surface area (TPSA) is 90.4 Å². The summed E-state index contributed by atoms with van der Waals surface area (Å²) in [5, 5.41) is 11.1. The molecule has 1 spiro atoms. The monoisotopic (exact) mass is 561 g/mol. The highest BCUT2D eigenvalue weighted by molar-refractivity contribution is 6.34. The van der Waals surface area contributed by atoms with Gasteiger partial charge in [-0.3, -0.25) is 14.4 Å². The average Bonchev–Trinajstić information content (AvgIpc) is 3.21. The van der Waals surface area contributed by atoms with Gasteiger partial charge in [0.1, 0.15) is 11.6 Å². The molecule has 40 heavy (non-hydrogen) atoms. The van der Waals surface area contributed by atoms with Crippen LogP contribution in [-0.2, 0) is 19.1 Å². The summed E-state index contributed by atoms with van der Waals surface area (Å²) in [6, 6.07) is 12.6. The van der Waals surface area contributed by atoms with Crippen LogP contribution in [0.1, 0.15) is 24.1 Å². The Balaban J connectivity index is 1.57. The largest absolute Gasteiger partial charge is 0.394 e. The number of amides is 3. The second-order valence-electron chi connectivity index (χ2n) is 11.2. The number of likely N-dealkylation sites (tertiary alicyclic amines) is 1. The molecule has 4 aliphatic heterocycles. The van der Waals surface area contributed by atoms with Gasteiger partial charge in [0, 0.05) is 20.1 Å². The number of ether oxygens (including phenoxy) is 1. The SMILES string of the molecule is Cc1cccc(Cl)c1N1CC=C[C@]23O[C@@]4(C)C=CCN(C)C(=O)[C@H]4[C@H]2C(=O)N([C@H](CO)c2ccccc2)C3C1=O. The Morgan fingerprint density at radius 2 is 1.70 bits per heavy atom. The quantitative estimate of drug-likeness (QED) is 0.579. The number of rotatable bonds is 4. The number of anilines is 1. The molecule has 8 nitrogen and oxygen atoms in total. The first kappa shape index (κ1) is 26.7. The Hall–Kier alpha value is -3.46. The first-order valence-corrected chi connectivity index (χ1v) is 13.9. The lowest BCUT2D eigenvalue weighted by Crippen LogP contribution is -2.57. The molecule has 0 radical (unpaired) electrons. The van der Waals surface area contributed by atoms with Crippen molar-refractivity contribution in [2.75, 3.05) is 31.6 Å². The van der Waals surface area contributed by atoms with Crippen molar-refractivity contribution in [1.82, 2.24) is 9.80 Å². The van der Waals surface area contributed by atoms with Crippen molar-refractivity contribution in [3.8, 4) is 0 Å². The van der Waals surface area contributed by atoms with Crippen molar-refractivity contribution in [2.24, 2.45) is 11.8 Å². The third-order valence-electron chi connectivity index (χ3n) is 8.85. The maximum Gasteiger partial charge on any atom is 0.253 e. The Bertz CT molecular complexity index is 1420. The van der Waals surface area contributed by atoms with Crippen LogP contribution >= 0.6 is 11.6 Å². The summed E-state index contributed by atoms with van der Waals surface area (Å²) >= 11 is 6.63. The second-order valence-corrected chi connectivity index (χ2v) is 11.6. The molecule has 6 rings (SSSR count). The predicted molar refractivity (Wildman–Crippen MR) is 151 cm³/mol. The molecule has 3 amide bonds. The van der Waals surface area contributed by atoms with Crippen molar-refractivity contribution in [3.05, 3.63) is 89.0 Å². The molecular weight excluding hydrogens is 530 g/mol. The standard InChI is InChI=1S/C31H32ClN3O5/c1-19-10-7-13-21(32)25(19)34-17-9-15-31-24(23-27(37)33(3)16-8-14-30(23,2)40-31)28(38)35(26(31)29(34)39)22(18-36)20-11-5-4-6-12-20/h4-15,22-24,26,36H,16-18H2,1-3H3/t22-,23-,24+,26?,30+,31+/m1/s1. The number of benzene rings is 2. The van der Waals surface area contributed by atoms with Gasteiger partial charge in [-0.25, -0.2) is 0 Å². The Labute approximate surface area is 238 Å². The summed E-state index contributed by atoms with van der Waals surface area (Å²) in [5.74, 6) is -2.80. The fourth-order valence-corrected chi connectivity index (χ4v) is 7.44. The summed E-state index contributed by atoms with van der Waals surface area (Å²) in [5.41, 5.74) is -0.488. The molecule has 0 aromatic heterocycles. The predicted octanol–water partition coefficient (Wildman–Crippen LogP) is 3.28. The number of aryl methyl sites for hydroxylation is 1. The van der Waals surface area contributed by atoms with E-state index in [-0.39, 0.29) is 18.4 Å². The number of fused-ring (bicyclic) bond motifs is 2. The summed E-state index contributed by atoms with van der Waals surface area (Å²) in [7, 11) is 1.70. The fraction of sp³-hybridized carbons (Fsp3) is 0.387. The van der Waals surface area contributed by atoms with Crippen molar-refractivity contribution >= 4 is 35.0 Å². The third kappa shape index (κ3) is 3.70. The summed E-state index contributed by atoms with van der Waals surface area (Å²) < 4.78 is 6.85. The molecule has 208 valence electrons. The van der Waals surface area contributed by atoms with Crippen LogP contribution in [0, 0.1) is 18.8 Å². The molecule has 0 saturated carbocycles. The van der Waals surface area contributed by atoms with E-state index in [1.54, 1.807) is 29.0 Å². The zero-order valence-corrected chi connectivity index (χ0v) is 23.4. The minimum Gasteiger partial charge on any atom is -0.394 e. The number of aliphatic hydroxyl groups is 1. The molecule has 1 unspecified atom stereocenters. The zero-order chi connectivity index (χ0) is 28.4. The first-order valence-electron chi connectivity index (χ1n) is 13.5. The van der Waals surface area contributed by atoms with Gasteiger partial charge in [0.25, 0.3) is 5.91 Å². The molecule has 0 bridgehead atoms. The molecule has 4 aliphatic rings. The van der Waals surface area contributed by atoms with Crippen LogP contribution in [0.15, 0.2) is 72.8 Å². The highest BCUT2D eigenvalue weighted by atomic mass is 35.5. The molecule has 2 saturated heterocycles. The van der Waals surface area contributed by atoms with Crippen LogP contribution in [0.4, 0.5) is 5.69 Å². The summed E-state index contributed by atoms with van der Waals surface area (Å²) in [4.78, 5) is 47.8. The van der Waals surface area contributed by atoms with Gasteiger partial charge in [0.2, 0.25) is 11.8 Å². The van der Waals surface area contributed by atoms with Crippen LogP contribution in [0.3, 0.4) is 0 Å². The van der Waals surface area contributed by atoms with E-state index in [4.69, 9.17) is 16.3 Å². The van der Waals surface area contributed by atoms with Crippen LogP contribution in [0.2, 0.25) is 5.02 Å². The van der Waals surface area contributed by atoms with Crippen LogP contribution in [-0.4, -0.2) is 76.6 Å². The summed E-state index contributed by atoms with van der Waals surface area (Å²) in [6.45, 7) is 3.89. The number of likely N-dealkylation sites (N-methyl/N-ethyl adjacent to an activating group) is 1. The van der Waals surface area contributed by atoms with E-state index in [1.807, 2.05) is 74.5 Å². The van der Waals surface area contributed by atoms with Gasteiger partial charge >= 0.3 is 0 Å². The van der Waals surface area contributed by atoms with Gasteiger partial charge in [-0.1, -0.05) is 78.4 Å². The minimum atomic E-state index is -1.43. The Morgan fingerprint density at radius 3 is 2.40 bits per heavy atom. The van der Waals surface area contributed by atoms with E-state index in [9.17, 15) is 19.5 Å². The highest BCUT2D eigenvalue weighted by Crippen LogP contribution is 2.59. The van der Waals surface area contributed by atoms with Gasteiger partial charge in [0.15, 0.2) is 0 Å². The Morgan fingerprint density at radius 1 is 0.975 bits per heavy atom. The molecule has 1 N–H and O–H groups in total. The van der Waals surface area contributed by atoms with E-state index in [0.29, 0.717) is 22.8 Å². The Kier molecular flexibility index (Phi) is 6.40. The van der Waals surface area contributed by atoms with Crippen LogP contribution in [0.25, 0.3) is 0 Å². The smallest absolute Gasteiger partial charge is 0.253 e. The van der Waals surface area contributed by atoms with Crippen molar-refractivity contribution in [1.29, 1.82) is 0 Å². The molecular formula is C31H32ClN3O5. The maximum absolute atomic E-state index is 14.8. The van der Waals surface area contributed by atoms with Gasteiger partial charge < -0.3 is 24.5 Å². The van der Waals surface area contributed by atoms with Crippen molar-refractivity contribution in [2.45, 2.75) is 37.1 Å². The van der Waals surface area contributed by atoms with E-state index in [2.05, 4.69) is 0 Å². The number of hydrogen-bond acceptors (Lipinski definition) is 5. The van der Waals surface area contributed by atoms with E-state index in [0.717, 1.165) is 5.56 Å². The number of carbonyl (C=O) groups is 3. The number of para-hydroxylation sites is 1. The zero-order valence-electron chi connectivity index (χ0n) is 22.7. The van der Waals surface area contributed by atoms with E-state index in [1.165, 1.54) is 4.90 Å². The lowest BCUT2D eigenvalue weighted by Gasteiger charge is -2.40. The fourth-order valence-electron chi connectivity index (χ4n) is 7.11. The van der Waals surface area contributed by atoms with E-state index < -0.39 is 47.6 Å². The van der Waals surface area contributed by atoms with Gasteiger partial charge in [-0.2, -0.15) is 0 Å². The molecule has 2 fully saturated rings. The van der Waals surface area contributed by atoms with Gasteiger partial charge in [0.05, 0.1) is 40.8 Å². The number of hydrogen-bond donors (Lipinski definition) is 1. The molecule has 2 aromatic carbocycles. The lowest BCUT2D eigenvalue weighted by molar-refractivity contribution is -0.151. The molecule has 6 atom stereocenters. The molecule has 9 heteroatoms. The summed E-state index contributed by atoms with van der Waals surface area (Å²) in [6.07, 6.45) is 7.34. The third-order valence-corrected chi connectivity index (χ3v) is 9.15. The van der Waals surface area contributed by atoms with E-state index >= 15 is 0 Å². The first-order chi connectivity index (χ1) is 19.1. The number of nitrogens with zero attached hydrogens (tertiary/aromatic N) is 3. The number of aliphatic hydroxyl groups excluding tert-OH is 1. The van der Waals surface area contributed by atoms with Crippen LogP contribution in [0.5, 0.6) is 0 Å². The maximum atomic E-state index is 14.8. The van der Waals surface area contributed by atoms with Crippen molar-refractivity contribution < 1.29 is 24.2 Å². The highest BCUT2D eigenvalue weighted by Gasteiger charge is 2.75. The average molecular weight is 562 g/mol. The van der Waals surface area contributed by atoms with Gasteiger partial charge in [-0.15, -0.1) is 0 Å².